The van der Waals surface area contributed by atoms with Crippen molar-refractivity contribution in [2.45, 2.75) is 26.8 Å². The lowest BCUT2D eigenvalue weighted by molar-refractivity contribution is -0.115. The number of rotatable bonds is 5. The number of nitrogens with zero attached hydrogens (tertiary/aromatic N) is 2. The van der Waals surface area contributed by atoms with Gasteiger partial charge in [-0.05, 0) is 6.92 Å². The van der Waals surface area contributed by atoms with Crippen molar-refractivity contribution in [3.05, 3.63) is 26.7 Å². The van der Waals surface area contributed by atoms with E-state index in [1.165, 1.54) is 29.6 Å². The number of nitrogens with one attached hydrogen (secondary N) is 1. The average Bonchev–Trinajstić information content (AvgIpc) is 2.95. The molecule has 2 heterocycles. The first-order chi connectivity index (χ1) is 9.49. The van der Waals surface area contributed by atoms with E-state index < -0.39 is 0 Å². The van der Waals surface area contributed by atoms with Gasteiger partial charge in [0.1, 0.15) is 5.01 Å². The van der Waals surface area contributed by atoms with E-state index in [0.717, 1.165) is 5.01 Å². The molecule has 0 aromatic carbocycles. The molecule has 0 spiro atoms. The highest BCUT2D eigenvalue weighted by molar-refractivity contribution is 7.17. The van der Waals surface area contributed by atoms with E-state index in [-0.39, 0.29) is 18.1 Å². The van der Waals surface area contributed by atoms with E-state index in [4.69, 9.17) is 5.73 Å². The van der Waals surface area contributed by atoms with Crippen LogP contribution in [0.15, 0.2) is 5.38 Å². The lowest BCUT2D eigenvalue weighted by Crippen LogP contribution is -2.14. The zero-order valence-electron chi connectivity index (χ0n) is 11.1. The number of Topliss-reactive ketones (excluding diaryl/α,β-unsaturated/α-hetero) is 1. The fraction of sp³-hybridized carbons (Fsp3) is 0.333. The minimum Gasteiger partial charge on any atom is -0.325 e. The highest BCUT2D eigenvalue weighted by Gasteiger charge is 2.14. The smallest absolute Gasteiger partial charge is 0.232 e. The van der Waals surface area contributed by atoms with Crippen molar-refractivity contribution in [2.75, 3.05) is 5.32 Å². The monoisotopic (exact) mass is 310 g/mol. The third-order valence-electron chi connectivity index (χ3n) is 2.48. The molecule has 0 fully saturated rings. The van der Waals surface area contributed by atoms with Crippen LogP contribution in [-0.2, 0) is 17.8 Å². The van der Waals surface area contributed by atoms with Crippen LogP contribution in [0.2, 0.25) is 0 Å². The standard InChI is InChI=1S/C12H14N4O2S2/c1-6-11(7(2)17)20-12(14-6)16-9(18)3-8-5-19-10(4-13)15-8/h5H,3-4,13H2,1-2H3,(H,14,16,18). The van der Waals surface area contributed by atoms with E-state index in [0.29, 0.717) is 27.9 Å². The molecule has 20 heavy (non-hydrogen) atoms. The van der Waals surface area contributed by atoms with Crippen LogP contribution >= 0.6 is 22.7 Å². The van der Waals surface area contributed by atoms with Crippen molar-refractivity contribution in [2.24, 2.45) is 5.73 Å². The van der Waals surface area contributed by atoms with E-state index in [2.05, 4.69) is 15.3 Å². The van der Waals surface area contributed by atoms with Gasteiger partial charge in [-0.25, -0.2) is 9.97 Å². The van der Waals surface area contributed by atoms with Gasteiger partial charge in [-0.1, -0.05) is 11.3 Å². The van der Waals surface area contributed by atoms with E-state index in [1.807, 2.05) is 5.38 Å². The molecule has 0 aliphatic heterocycles. The first-order valence-corrected chi connectivity index (χ1v) is 7.60. The normalized spacial score (nSPS) is 10.6. The summed E-state index contributed by atoms with van der Waals surface area (Å²) < 4.78 is 0. The van der Waals surface area contributed by atoms with Crippen molar-refractivity contribution in [1.29, 1.82) is 0 Å². The van der Waals surface area contributed by atoms with Crippen LogP contribution in [0.25, 0.3) is 0 Å². The van der Waals surface area contributed by atoms with Crippen molar-refractivity contribution >= 4 is 39.5 Å². The Morgan fingerprint density at radius 3 is 2.70 bits per heavy atom. The summed E-state index contributed by atoms with van der Waals surface area (Å²) in [6, 6.07) is 0. The maximum Gasteiger partial charge on any atom is 0.232 e. The molecular weight excluding hydrogens is 296 g/mol. The molecule has 0 aliphatic carbocycles. The van der Waals surface area contributed by atoms with Crippen LogP contribution in [0, 0.1) is 6.92 Å². The van der Waals surface area contributed by atoms with Gasteiger partial charge in [0, 0.05) is 18.8 Å². The Kier molecular flexibility index (Phi) is 4.58. The van der Waals surface area contributed by atoms with Crippen LogP contribution in [-0.4, -0.2) is 21.7 Å². The number of carbonyl (C=O) groups is 2. The molecule has 2 aromatic heterocycles. The molecule has 0 saturated carbocycles. The Morgan fingerprint density at radius 1 is 1.40 bits per heavy atom. The second-order valence-corrected chi connectivity index (χ2v) is 6.09. The van der Waals surface area contributed by atoms with Crippen LogP contribution < -0.4 is 11.1 Å². The first-order valence-electron chi connectivity index (χ1n) is 5.91. The van der Waals surface area contributed by atoms with Crippen molar-refractivity contribution in [3.63, 3.8) is 0 Å². The van der Waals surface area contributed by atoms with Gasteiger partial charge in [0.15, 0.2) is 10.9 Å². The van der Waals surface area contributed by atoms with Crippen LogP contribution in [0.4, 0.5) is 5.13 Å². The van der Waals surface area contributed by atoms with Gasteiger partial charge in [0.2, 0.25) is 5.91 Å². The summed E-state index contributed by atoms with van der Waals surface area (Å²) in [5.41, 5.74) is 6.80. The maximum atomic E-state index is 11.9. The molecule has 6 nitrogen and oxygen atoms in total. The van der Waals surface area contributed by atoms with Gasteiger partial charge in [-0.3, -0.25) is 9.59 Å². The fourth-order valence-electron chi connectivity index (χ4n) is 1.63. The zero-order valence-corrected chi connectivity index (χ0v) is 12.7. The summed E-state index contributed by atoms with van der Waals surface area (Å²) in [6.07, 6.45) is 0.171. The lowest BCUT2D eigenvalue weighted by atomic mass is 10.3. The number of anilines is 1. The van der Waals surface area contributed by atoms with Crippen molar-refractivity contribution in [1.82, 2.24) is 9.97 Å². The first kappa shape index (κ1) is 14.8. The van der Waals surface area contributed by atoms with Crippen molar-refractivity contribution in [3.8, 4) is 0 Å². The van der Waals surface area contributed by atoms with Crippen LogP contribution in [0.3, 0.4) is 0 Å². The number of ketones is 1. The Morgan fingerprint density at radius 2 is 2.15 bits per heavy atom. The highest BCUT2D eigenvalue weighted by Crippen LogP contribution is 2.23. The molecule has 0 bridgehead atoms. The molecule has 2 rings (SSSR count). The summed E-state index contributed by atoms with van der Waals surface area (Å²) in [6.45, 7) is 3.60. The molecule has 0 aliphatic rings. The van der Waals surface area contributed by atoms with Gasteiger partial charge in [-0.2, -0.15) is 0 Å². The number of hydrogen-bond donors (Lipinski definition) is 2. The molecule has 0 atom stereocenters. The Balaban J connectivity index is 2.01. The van der Waals surface area contributed by atoms with Gasteiger partial charge >= 0.3 is 0 Å². The minimum absolute atomic E-state index is 0.0485. The topological polar surface area (TPSA) is 98.0 Å². The predicted molar refractivity (Wildman–Crippen MR) is 79.2 cm³/mol. The summed E-state index contributed by atoms with van der Waals surface area (Å²) in [5.74, 6) is -0.254. The number of hydrogen-bond acceptors (Lipinski definition) is 7. The number of amides is 1. The van der Waals surface area contributed by atoms with Gasteiger partial charge in [0.25, 0.3) is 0 Å². The Labute approximate surface area is 124 Å². The van der Waals surface area contributed by atoms with E-state index >= 15 is 0 Å². The number of aromatic nitrogens is 2. The van der Waals surface area contributed by atoms with Crippen LogP contribution in [0.5, 0.6) is 0 Å². The molecule has 8 heteroatoms. The van der Waals surface area contributed by atoms with Crippen molar-refractivity contribution < 1.29 is 9.59 Å². The fourth-order valence-corrected chi connectivity index (χ4v) is 3.18. The number of aryl methyl sites for hydroxylation is 1. The third-order valence-corrected chi connectivity index (χ3v) is 4.57. The van der Waals surface area contributed by atoms with Gasteiger partial charge in [-0.15, -0.1) is 11.3 Å². The summed E-state index contributed by atoms with van der Waals surface area (Å²) >= 11 is 2.62. The molecular formula is C12H14N4O2S2. The number of carbonyl (C=O) groups excluding carboxylic acids is 2. The SMILES string of the molecule is CC(=O)c1sc(NC(=O)Cc2csc(CN)n2)nc1C. The number of thiazole rings is 2. The van der Waals surface area contributed by atoms with E-state index in [9.17, 15) is 9.59 Å². The number of nitrogens with two attached hydrogens (primary N) is 1. The summed E-state index contributed by atoms with van der Waals surface area (Å²) in [5, 5.41) is 5.74. The predicted octanol–water partition coefficient (Wildman–Crippen LogP) is 1.75. The molecule has 0 saturated heterocycles. The molecule has 106 valence electrons. The quantitative estimate of drug-likeness (QED) is 0.820. The largest absolute Gasteiger partial charge is 0.325 e. The third kappa shape index (κ3) is 3.47. The van der Waals surface area contributed by atoms with E-state index in [1.54, 1.807) is 6.92 Å². The molecule has 0 unspecified atom stereocenters. The summed E-state index contributed by atoms with van der Waals surface area (Å²) in [7, 11) is 0. The summed E-state index contributed by atoms with van der Waals surface area (Å²) in [4.78, 5) is 32.2. The second kappa shape index (κ2) is 6.21. The lowest BCUT2D eigenvalue weighted by Gasteiger charge is -1.98. The minimum atomic E-state index is -0.206. The molecule has 3 N–H and O–H groups in total. The second-order valence-electron chi connectivity index (χ2n) is 4.15. The Bertz CT molecular complexity index is 648. The molecule has 1 amide bonds. The maximum absolute atomic E-state index is 11.9. The molecule has 2 aromatic rings. The zero-order chi connectivity index (χ0) is 14.7. The van der Waals surface area contributed by atoms with Gasteiger partial charge in [0.05, 0.1) is 22.7 Å². The van der Waals surface area contributed by atoms with Crippen LogP contribution in [0.1, 0.15) is 33.0 Å². The highest BCUT2D eigenvalue weighted by atomic mass is 32.1. The molecule has 0 radical (unpaired) electrons. The van der Waals surface area contributed by atoms with Gasteiger partial charge < -0.3 is 11.1 Å². The average molecular weight is 310 g/mol. The Hall–Kier alpha value is -1.64.